The second-order valence-corrected chi connectivity index (χ2v) is 4.31. The zero-order chi connectivity index (χ0) is 9.31. The van der Waals surface area contributed by atoms with Crippen LogP contribution in [0.25, 0.3) is 0 Å². The average molecular weight is 194 g/mol. The SMILES string of the molecule is CC1(c2cccnc2)NC(O)=CS1. The van der Waals surface area contributed by atoms with Crippen LogP contribution in [0.3, 0.4) is 0 Å². The Bertz CT molecular complexity index is 339. The van der Waals surface area contributed by atoms with Crippen molar-refractivity contribution in [1.29, 1.82) is 0 Å². The van der Waals surface area contributed by atoms with Crippen LogP contribution in [-0.2, 0) is 4.87 Å². The van der Waals surface area contributed by atoms with Crippen molar-refractivity contribution in [2.24, 2.45) is 0 Å². The number of aliphatic hydroxyl groups excluding tert-OH is 1. The molecule has 1 aliphatic rings. The fourth-order valence-electron chi connectivity index (χ4n) is 1.26. The van der Waals surface area contributed by atoms with Gasteiger partial charge in [-0.25, -0.2) is 0 Å². The topological polar surface area (TPSA) is 45.2 Å². The predicted molar refractivity (Wildman–Crippen MR) is 53.0 cm³/mol. The summed E-state index contributed by atoms with van der Waals surface area (Å²) in [5.41, 5.74) is 1.06. The summed E-state index contributed by atoms with van der Waals surface area (Å²) in [7, 11) is 0. The normalized spacial score (nSPS) is 26.7. The first-order valence-electron chi connectivity index (χ1n) is 3.96. The van der Waals surface area contributed by atoms with Crippen molar-refractivity contribution in [3.63, 3.8) is 0 Å². The molecule has 1 aromatic heterocycles. The van der Waals surface area contributed by atoms with E-state index in [0.29, 0.717) is 0 Å². The van der Waals surface area contributed by atoms with Crippen molar-refractivity contribution in [2.45, 2.75) is 11.8 Å². The van der Waals surface area contributed by atoms with Crippen molar-refractivity contribution in [2.75, 3.05) is 0 Å². The summed E-state index contributed by atoms with van der Waals surface area (Å²) in [5, 5.41) is 13.9. The van der Waals surface area contributed by atoms with Gasteiger partial charge in [0.1, 0.15) is 4.87 Å². The quantitative estimate of drug-likeness (QED) is 0.717. The van der Waals surface area contributed by atoms with Gasteiger partial charge in [0.25, 0.3) is 0 Å². The first-order valence-corrected chi connectivity index (χ1v) is 4.84. The largest absolute Gasteiger partial charge is 0.494 e. The zero-order valence-electron chi connectivity index (χ0n) is 7.19. The Kier molecular flexibility index (Phi) is 1.92. The fraction of sp³-hybridized carbons (Fsp3) is 0.222. The lowest BCUT2D eigenvalue weighted by atomic mass is 10.1. The third kappa shape index (κ3) is 1.49. The van der Waals surface area contributed by atoms with Crippen molar-refractivity contribution in [3.8, 4) is 0 Å². The molecule has 1 unspecified atom stereocenters. The molecule has 2 N–H and O–H groups in total. The standard InChI is InChI=1S/C9H10N2OS/c1-9(11-8(12)6-13-9)7-3-2-4-10-5-7/h2-6,11-12H,1H3. The molecule has 2 heterocycles. The fourth-order valence-corrected chi connectivity index (χ4v) is 2.09. The van der Waals surface area contributed by atoms with Crippen molar-refractivity contribution < 1.29 is 5.11 Å². The van der Waals surface area contributed by atoms with E-state index in [2.05, 4.69) is 10.3 Å². The average Bonchev–Trinajstić information content (AvgIpc) is 2.49. The van der Waals surface area contributed by atoms with E-state index in [9.17, 15) is 5.11 Å². The number of nitrogens with one attached hydrogen (secondary N) is 1. The van der Waals surface area contributed by atoms with E-state index in [4.69, 9.17) is 0 Å². The molecular formula is C9H10N2OS. The highest BCUT2D eigenvalue weighted by Gasteiger charge is 2.31. The predicted octanol–water partition coefficient (Wildman–Crippen LogP) is 1.95. The summed E-state index contributed by atoms with van der Waals surface area (Å²) in [6.45, 7) is 2.01. The summed E-state index contributed by atoms with van der Waals surface area (Å²) in [6, 6.07) is 3.87. The minimum absolute atomic E-state index is 0.219. The van der Waals surface area contributed by atoms with Gasteiger partial charge in [0.15, 0.2) is 5.88 Å². The molecule has 1 aliphatic heterocycles. The van der Waals surface area contributed by atoms with Crippen LogP contribution in [0.2, 0.25) is 0 Å². The third-order valence-electron chi connectivity index (χ3n) is 1.99. The Hall–Kier alpha value is -1.16. The van der Waals surface area contributed by atoms with E-state index < -0.39 is 0 Å². The van der Waals surface area contributed by atoms with Gasteiger partial charge in [-0.15, -0.1) is 0 Å². The molecule has 13 heavy (non-hydrogen) atoms. The smallest absolute Gasteiger partial charge is 0.192 e. The lowest BCUT2D eigenvalue weighted by Gasteiger charge is -2.23. The van der Waals surface area contributed by atoms with Crippen LogP contribution >= 0.6 is 11.8 Å². The highest BCUT2D eigenvalue weighted by molar-refractivity contribution is 8.03. The number of thioether (sulfide) groups is 1. The molecular weight excluding hydrogens is 184 g/mol. The maximum absolute atomic E-state index is 9.23. The molecule has 1 atom stereocenters. The van der Waals surface area contributed by atoms with Gasteiger partial charge < -0.3 is 10.4 Å². The molecule has 3 nitrogen and oxygen atoms in total. The lowest BCUT2D eigenvalue weighted by molar-refractivity contribution is 0.344. The summed E-state index contributed by atoms with van der Waals surface area (Å²) in [6.07, 6.45) is 3.53. The number of aliphatic hydroxyl groups is 1. The maximum Gasteiger partial charge on any atom is 0.192 e. The lowest BCUT2D eigenvalue weighted by Crippen LogP contribution is -2.31. The van der Waals surface area contributed by atoms with Crippen LogP contribution in [0, 0.1) is 0 Å². The minimum Gasteiger partial charge on any atom is -0.494 e. The summed E-state index contributed by atoms with van der Waals surface area (Å²) < 4.78 is 0. The minimum atomic E-state index is -0.279. The van der Waals surface area contributed by atoms with Crippen LogP contribution in [-0.4, -0.2) is 10.1 Å². The van der Waals surface area contributed by atoms with Gasteiger partial charge in [-0.3, -0.25) is 4.98 Å². The van der Waals surface area contributed by atoms with Crippen molar-refractivity contribution >= 4 is 11.8 Å². The van der Waals surface area contributed by atoms with Crippen molar-refractivity contribution in [3.05, 3.63) is 41.4 Å². The number of pyridine rings is 1. The van der Waals surface area contributed by atoms with Gasteiger partial charge in [0.2, 0.25) is 0 Å². The van der Waals surface area contributed by atoms with Gasteiger partial charge in [-0.2, -0.15) is 0 Å². The molecule has 0 radical (unpaired) electrons. The number of nitrogens with zero attached hydrogens (tertiary/aromatic N) is 1. The van der Waals surface area contributed by atoms with E-state index in [-0.39, 0.29) is 10.8 Å². The first-order chi connectivity index (χ1) is 6.21. The molecule has 4 heteroatoms. The molecule has 0 spiro atoms. The summed E-state index contributed by atoms with van der Waals surface area (Å²) in [5.74, 6) is 0.219. The molecule has 0 aliphatic carbocycles. The number of rotatable bonds is 1. The Morgan fingerprint density at radius 3 is 3.00 bits per heavy atom. The second kappa shape index (κ2) is 2.96. The molecule has 2 rings (SSSR count). The summed E-state index contributed by atoms with van der Waals surface area (Å²) >= 11 is 1.54. The molecule has 68 valence electrons. The van der Waals surface area contributed by atoms with Gasteiger partial charge >= 0.3 is 0 Å². The van der Waals surface area contributed by atoms with E-state index in [1.165, 1.54) is 0 Å². The number of hydrogen-bond donors (Lipinski definition) is 2. The third-order valence-corrected chi connectivity index (χ3v) is 3.14. The van der Waals surface area contributed by atoms with Crippen LogP contribution in [0.5, 0.6) is 0 Å². The molecule has 0 saturated carbocycles. The van der Waals surface area contributed by atoms with E-state index in [1.807, 2.05) is 19.1 Å². The Labute approximate surface area is 80.9 Å². The monoisotopic (exact) mass is 194 g/mol. The Morgan fingerprint density at radius 2 is 2.46 bits per heavy atom. The van der Waals surface area contributed by atoms with E-state index in [1.54, 1.807) is 29.6 Å². The molecule has 0 amide bonds. The molecule has 1 aromatic rings. The van der Waals surface area contributed by atoms with E-state index >= 15 is 0 Å². The van der Waals surface area contributed by atoms with Gasteiger partial charge in [-0.05, 0) is 13.0 Å². The van der Waals surface area contributed by atoms with E-state index in [0.717, 1.165) is 5.56 Å². The molecule has 0 bridgehead atoms. The zero-order valence-corrected chi connectivity index (χ0v) is 8.01. The van der Waals surface area contributed by atoms with Gasteiger partial charge in [-0.1, -0.05) is 17.8 Å². The van der Waals surface area contributed by atoms with Crippen LogP contribution in [0.1, 0.15) is 12.5 Å². The first kappa shape index (κ1) is 8.44. The van der Waals surface area contributed by atoms with Crippen LogP contribution in [0.4, 0.5) is 0 Å². The van der Waals surface area contributed by atoms with Crippen molar-refractivity contribution in [1.82, 2.24) is 10.3 Å². The highest BCUT2D eigenvalue weighted by atomic mass is 32.2. The Balaban J connectivity index is 2.28. The second-order valence-electron chi connectivity index (χ2n) is 3.02. The van der Waals surface area contributed by atoms with Gasteiger partial charge in [0.05, 0.1) is 0 Å². The van der Waals surface area contributed by atoms with Gasteiger partial charge in [0, 0.05) is 23.4 Å². The number of hydrogen-bond acceptors (Lipinski definition) is 4. The summed E-state index contributed by atoms with van der Waals surface area (Å²) in [4.78, 5) is 3.76. The maximum atomic E-state index is 9.23. The molecule has 0 fully saturated rings. The highest BCUT2D eigenvalue weighted by Crippen LogP contribution is 2.38. The van der Waals surface area contributed by atoms with Crippen LogP contribution < -0.4 is 5.32 Å². The molecule has 0 saturated heterocycles. The number of aromatic nitrogens is 1. The Morgan fingerprint density at radius 1 is 1.62 bits per heavy atom. The molecule has 0 aromatic carbocycles. The van der Waals surface area contributed by atoms with Crippen LogP contribution in [0.15, 0.2) is 35.8 Å².